The van der Waals surface area contributed by atoms with Gasteiger partial charge in [-0.1, -0.05) is 18.2 Å². The van der Waals surface area contributed by atoms with Crippen molar-refractivity contribution in [1.82, 2.24) is 4.90 Å². The van der Waals surface area contributed by atoms with Crippen LogP contribution < -0.4 is 14.4 Å². The lowest BCUT2D eigenvalue weighted by atomic mass is 10.1. The van der Waals surface area contributed by atoms with Crippen molar-refractivity contribution in [3.05, 3.63) is 59.7 Å². The molecule has 0 aliphatic rings. The Morgan fingerprint density at radius 3 is 2.43 bits per heavy atom. The first kappa shape index (κ1) is 20.8. The van der Waals surface area contributed by atoms with Gasteiger partial charge in [0.25, 0.3) is 0 Å². The van der Waals surface area contributed by atoms with E-state index in [1.54, 1.807) is 36.2 Å². The number of hydrogen-bond acceptors (Lipinski definition) is 5. The van der Waals surface area contributed by atoms with Crippen molar-refractivity contribution in [2.24, 2.45) is 0 Å². The summed E-state index contributed by atoms with van der Waals surface area (Å²) < 4.78 is 10.6. The molecule has 0 bridgehead atoms. The number of nitrogens with zero attached hydrogens (tertiary/aromatic N) is 3. The maximum Gasteiger partial charge on any atom is 0.246 e. The number of carbonyl (C=O) groups excluding carboxylic acids is 1. The van der Waals surface area contributed by atoms with E-state index in [4.69, 9.17) is 14.7 Å². The number of nitriles is 1. The van der Waals surface area contributed by atoms with Gasteiger partial charge in [-0.15, -0.1) is 0 Å². The first-order chi connectivity index (χ1) is 13.4. The molecule has 0 saturated heterocycles. The summed E-state index contributed by atoms with van der Waals surface area (Å²) in [6.45, 7) is 0.478. The number of benzene rings is 2. The highest BCUT2D eigenvalue weighted by atomic mass is 16.5. The first-order valence-electron chi connectivity index (χ1n) is 8.82. The molecule has 0 fully saturated rings. The Balaban J connectivity index is 2.00. The minimum atomic E-state index is -0.0968. The Kier molecular flexibility index (Phi) is 7.46. The number of anilines is 1. The predicted molar refractivity (Wildman–Crippen MR) is 110 cm³/mol. The summed E-state index contributed by atoms with van der Waals surface area (Å²) in [5.74, 6) is 0.908. The van der Waals surface area contributed by atoms with Crippen LogP contribution in [0.4, 0.5) is 5.69 Å². The van der Waals surface area contributed by atoms with Crippen LogP contribution in [0, 0.1) is 11.3 Å². The van der Waals surface area contributed by atoms with Crippen molar-refractivity contribution in [1.29, 1.82) is 5.26 Å². The van der Waals surface area contributed by atoms with Crippen LogP contribution in [-0.4, -0.2) is 45.7 Å². The number of rotatable bonds is 8. The largest absolute Gasteiger partial charge is 0.493 e. The van der Waals surface area contributed by atoms with Crippen molar-refractivity contribution in [2.45, 2.75) is 6.54 Å². The van der Waals surface area contributed by atoms with E-state index in [9.17, 15) is 4.79 Å². The molecule has 2 aromatic carbocycles. The van der Waals surface area contributed by atoms with Gasteiger partial charge in [0, 0.05) is 39.5 Å². The average Bonchev–Trinajstić information content (AvgIpc) is 2.70. The Labute approximate surface area is 166 Å². The average molecular weight is 379 g/mol. The van der Waals surface area contributed by atoms with Crippen LogP contribution in [0.3, 0.4) is 0 Å². The second-order valence-electron chi connectivity index (χ2n) is 6.45. The standard InChI is InChI=1S/C22H25N3O3/c1-24(2)19-9-5-18(6-10-19)16-25(3)22(26)12-8-17-7-11-20(28-14-13-23)21(15-17)27-4/h5-12,15H,14,16H2,1-4H3/b12-8+. The molecule has 2 rings (SSSR count). The van der Waals surface area contributed by atoms with Crippen LogP contribution in [0.25, 0.3) is 6.08 Å². The molecule has 1 amide bonds. The molecule has 0 radical (unpaired) electrons. The van der Waals surface area contributed by atoms with E-state index in [1.165, 1.54) is 13.2 Å². The van der Waals surface area contributed by atoms with Gasteiger partial charge in [-0.3, -0.25) is 4.79 Å². The highest BCUT2D eigenvalue weighted by Crippen LogP contribution is 2.28. The number of amides is 1. The van der Waals surface area contributed by atoms with E-state index in [1.807, 2.05) is 49.3 Å². The van der Waals surface area contributed by atoms with Crippen LogP contribution in [0.1, 0.15) is 11.1 Å². The Hall–Kier alpha value is -3.46. The molecule has 0 aliphatic carbocycles. The molecule has 0 N–H and O–H groups in total. The van der Waals surface area contributed by atoms with Crippen LogP contribution in [0.15, 0.2) is 48.5 Å². The molecule has 0 aliphatic heterocycles. The van der Waals surface area contributed by atoms with Gasteiger partial charge in [0.15, 0.2) is 18.1 Å². The fourth-order valence-electron chi connectivity index (χ4n) is 2.56. The Morgan fingerprint density at radius 1 is 1.11 bits per heavy atom. The van der Waals surface area contributed by atoms with Crippen molar-refractivity contribution in [2.75, 3.05) is 39.8 Å². The lowest BCUT2D eigenvalue weighted by Gasteiger charge is -2.17. The zero-order valence-electron chi connectivity index (χ0n) is 16.7. The maximum absolute atomic E-state index is 12.4. The maximum atomic E-state index is 12.4. The third-order valence-corrected chi connectivity index (χ3v) is 4.15. The monoisotopic (exact) mass is 379 g/mol. The number of ether oxygens (including phenoxy) is 2. The Bertz CT molecular complexity index is 868. The highest BCUT2D eigenvalue weighted by Gasteiger charge is 2.08. The molecule has 0 spiro atoms. The quantitative estimate of drug-likeness (QED) is 0.658. The minimum Gasteiger partial charge on any atom is -0.493 e. The van der Waals surface area contributed by atoms with Crippen molar-refractivity contribution >= 4 is 17.7 Å². The van der Waals surface area contributed by atoms with E-state index >= 15 is 0 Å². The molecular weight excluding hydrogens is 354 g/mol. The molecule has 6 nitrogen and oxygen atoms in total. The van der Waals surface area contributed by atoms with Crippen molar-refractivity contribution in [3.8, 4) is 17.6 Å². The third kappa shape index (κ3) is 5.78. The lowest BCUT2D eigenvalue weighted by Crippen LogP contribution is -2.24. The second-order valence-corrected chi connectivity index (χ2v) is 6.45. The van der Waals surface area contributed by atoms with Crippen molar-refractivity contribution in [3.63, 3.8) is 0 Å². The molecule has 0 aromatic heterocycles. The Morgan fingerprint density at radius 2 is 1.82 bits per heavy atom. The van der Waals surface area contributed by atoms with Gasteiger partial charge in [0.05, 0.1) is 7.11 Å². The van der Waals surface area contributed by atoms with Gasteiger partial charge < -0.3 is 19.3 Å². The summed E-state index contributed by atoms with van der Waals surface area (Å²) in [6, 6.07) is 15.3. The van der Waals surface area contributed by atoms with Gasteiger partial charge in [-0.05, 0) is 41.5 Å². The van der Waals surface area contributed by atoms with Crippen LogP contribution in [-0.2, 0) is 11.3 Å². The van der Waals surface area contributed by atoms with Gasteiger partial charge >= 0.3 is 0 Å². The van der Waals surface area contributed by atoms with E-state index in [0.29, 0.717) is 18.0 Å². The molecule has 0 saturated carbocycles. The molecular formula is C22H25N3O3. The summed E-state index contributed by atoms with van der Waals surface area (Å²) in [5, 5.41) is 8.62. The molecule has 0 atom stereocenters. The fourth-order valence-corrected chi connectivity index (χ4v) is 2.56. The molecule has 6 heteroatoms. The zero-order chi connectivity index (χ0) is 20.5. The van der Waals surface area contributed by atoms with E-state index < -0.39 is 0 Å². The molecule has 146 valence electrons. The van der Waals surface area contributed by atoms with Crippen LogP contribution in [0.5, 0.6) is 11.5 Å². The third-order valence-electron chi connectivity index (χ3n) is 4.15. The zero-order valence-corrected chi connectivity index (χ0v) is 16.7. The van der Waals surface area contributed by atoms with E-state index in [0.717, 1.165) is 16.8 Å². The molecule has 28 heavy (non-hydrogen) atoms. The predicted octanol–water partition coefficient (Wildman–Crippen LogP) is 3.34. The smallest absolute Gasteiger partial charge is 0.246 e. The number of likely N-dealkylation sites (N-methyl/N-ethyl adjacent to an activating group) is 1. The SMILES string of the molecule is COc1cc(/C=C/C(=O)N(C)Cc2ccc(N(C)C)cc2)ccc1OCC#N. The normalized spacial score (nSPS) is 10.4. The van der Waals surface area contributed by atoms with Gasteiger partial charge in [-0.25, -0.2) is 0 Å². The summed E-state index contributed by atoms with van der Waals surface area (Å²) >= 11 is 0. The van der Waals surface area contributed by atoms with E-state index in [2.05, 4.69) is 0 Å². The highest BCUT2D eigenvalue weighted by molar-refractivity contribution is 5.91. The number of hydrogen-bond donors (Lipinski definition) is 0. The van der Waals surface area contributed by atoms with Gasteiger partial charge in [0.2, 0.25) is 5.91 Å². The van der Waals surface area contributed by atoms with Gasteiger partial charge in [-0.2, -0.15) is 5.26 Å². The first-order valence-corrected chi connectivity index (χ1v) is 8.82. The summed E-state index contributed by atoms with van der Waals surface area (Å²) in [5.41, 5.74) is 2.99. The molecule has 0 unspecified atom stereocenters. The summed E-state index contributed by atoms with van der Waals surface area (Å²) in [4.78, 5) is 16.1. The number of carbonyl (C=O) groups is 1. The van der Waals surface area contributed by atoms with Crippen LogP contribution >= 0.6 is 0 Å². The lowest BCUT2D eigenvalue weighted by molar-refractivity contribution is -0.125. The van der Waals surface area contributed by atoms with Gasteiger partial charge in [0.1, 0.15) is 6.07 Å². The minimum absolute atomic E-state index is 0.0512. The topological polar surface area (TPSA) is 65.8 Å². The number of methoxy groups -OCH3 is 1. The summed E-state index contributed by atoms with van der Waals surface area (Å²) in [7, 11) is 7.29. The fraction of sp³-hybridized carbons (Fsp3) is 0.273. The second kappa shape index (κ2) is 10.0. The summed E-state index contributed by atoms with van der Waals surface area (Å²) in [6.07, 6.45) is 3.25. The molecule has 2 aromatic rings. The van der Waals surface area contributed by atoms with Crippen molar-refractivity contribution < 1.29 is 14.3 Å². The van der Waals surface area contributed by atoms with E-state index in [-0.39, 0.29) is 12.5 Å². The molecule has 0 heterocycles. The van der Waals surface area contributed by atoms with Crippen LogP contribution in [0.2, 0.25) is 0 Å².